The molecule has 2 nitrogen and oxygen atoms in total. The molecule has 8 heteroatoms. The van der Waals surface area contributed by atoms with E-state index in [-0.39, 0.29) is 31.2 Å². The Morgan fingerprint density at radius 1 is 0.636 bits per heavy atom. The lowest BCUT2D eigenvalue weighted by Crippen LogP contribution is -2.27. The molecule has 0 saturated heterocycles. The van der Waals surface area contributed by atoms with E-state index in [2.05, 4.69) is 0 Å². The van der Waals surface area contributed by atoms with Crippen molar-refractivity contribution in [3.63, 3.8) is 0 Å². The highest BCUT2D eigenvalue weighted by molar-refractivity contribution is 6.37. The van der Waals surface area contributed by atoms with Crippen LogP contribution >= 0.6 is 46.4 Å². The van der Waals surface area contributed by atoms with Gasteiger partial charge in [0.2, 0.25) is 0 Å². The Hall–Kier alpha value is -0.620. The van der Waals surface area contributed by atoms with Gasteiger partial charge in [-0.25, -0.2) is 8.78 Å². The fourth-order valence-corrected chi connectivity index (χ4v) is 3.53. The average Bonchev–Trinajstić information content (AvgIpc) is 2.35. The van der Waals surface area contributed by atoms with Crippen molar-refractivity contribution in [1.82, 2.24) is 0 Å². The standard InChI is InChI=1S/C14H10Cl4F2N2/c15-7-1-5(19)2-8(16)11(7)13(21)14(22)12-9(17)3-6(20)4-10(12)18/h1-4,13-14H,21-22H2. The number of hydrogen-bond donors (Lipinski definition) is 2. The van der Waals surface area contributed by atoms with Gasteiger partial charge >= 0.3 is 0 Å². The molecule has 22 heavy (non-hydrogen) atoms. The van der Waals surface area contributed by atoms with E-state index in [1.807, 2.05) is 0 Å². The molecule has 118 valence electrons. The Morgan fingerprint density at radius 3 is 1.09 bits per heavy atom. The maximum Gasteiger partial charge on any atom is 0.126 e. The van der Waals surface area contributed by atoms with Crippen molar-refractivity contribution in [1.29, 1.82) is 0 Å². The third-order valence-corrected chi connectivity index (χ3v) is 4.39. The molecule has 0 heterocycles. The van der Waals surface area contributed by atoms with Gasteiger partial charge in [0, 0.05) is 31.2 Å². The Morgan fingerprint density at radius 2 is 0.864 bits per heavy atom. The summed E-state index contributed by atoms with van der Waals surface area (Å²) in [5.41, 5.74) is 12.7. The fourth-order valence-electron chi connectivity index (χ4n) is 2.10. The fraction of sp³-hybridized carbons (Fsp3) is 0.143. The summed E-state index contributed by atoms with van der Waals surface area (Å²) in [4.78, 5) is 0. The van der Waals surface area contributed by atoms with Crippen LogP contribution in [0.4, 0.5) is 8.78 Å². The minimum atomic E-state index is -0.916. The van der Waals surface area contributed by atoms with Gasteiger partial charge in [-0.05, 0) is 24.3 Å². The molecule has 0 radical (unpaired) electrons. The SMILES string of the molecule is NC(c1c(Cl)cc(F)cc1Cl)C(N)c1c(Cl)cc(F)cc1Cl. The molecule has 2 rings (SSSR count). The number of halogens is 6. The molecule has 2 unspecified atom stereocenters. The highest BCUT2D eigenvalue weighted by atomic mass is 35.5. The Kier molecular flexibility index (Phi) is 5.54. The lowest BCUT2D eigenvalue weighted by molar-refractivity contribution is 0.568. The molecular weight excluding hydrogens is 376 g/mol. The quantitative estimate of drug-likeness (QED) is 0.755. The highest BCUT2D eigenvalue weighted by Crippen LogP contribution is 2.39. The van der Waals surface area contributed by atoms with Gasteiger partial charge in [-0.15, -0.1) is 0 Å². The molecule has 4 N–H and O–H groups in total. The zero-order valence-corrected chi connectivity index (χ0v) is 13.9. The molecule has 0 aliphatic carbocycles. The van der Waals surface area contributed by atoms with Gasteiger partial charge in [0.25, 0.3) is 0 Å². The summed E-state index contributed by atoms with van der Waals surface area (Å²) in [6.07, 6.45) is 0. The van der Waals surface area contributed by atoms with Gasteiger partial charge in [0.1, 0.15) is 11.6 Å². The molecule has 2 aromatic rings. The van der Waals surface area contributed by atoms with Gasteiger partial charge in [-0.3, -0.25) is 0 Å². The van der Waals surface area contributed by atoms with Crippen molar-refractivity contribution in [3.8, 4) is 0 Å². The van der Waals surface area contributed by atoms with Crippen molar-refractivity contribution in [2.24, 2.45) is 11.5 Å². The summed E-state index contributed by atoms with van der Waals surface area (Å²) in [6, 6.07) is 2.46. The first kappa shape index (κ1) is 17.7. The third kappa shape index (κ3) is 3.48. The molecule has 2 aromatic carbocycles. The molecule has 0 bridgehead atoms. The molecule has 0 aromatic heterocycles. The van der Waals surface area contributed by atoms with Crippen molar-refractivity contribution < 1.29 is 8.78 Å². The van der Waals surface area contributed by atoms with Crippen LogP contribution in [0.5, 0.6) is 0 Å². The van der Waals surface area contributed by atoms with E-state index in [9.17, 15) is 8.78 Å². The van der Waals surface area contributed by atoms with Crippen LogP contribution in [0.1, 0.15) is 23.2 Å². The first-order valence-electron chi connectivity index (χ1n) is 6.02. The molecule has 0 spiro atoms. The number of benzene rings is 2. The molecule has 0 fully saturated rings. The summed E-state index contributed by atoms with van der Waals surface area (Å²) in [5.74, 6) is -1.20. The van der Waals surface area contributed by atoms with Crippen molar-refractivity contribution >= 4 is 46.4 Å². The van der Waals surface area contributed by atoms with Crippen LogP contribution < -0.4 is 11.5 Å². The van der Waals surface area contributed by atoms with Crippen LogP contribution in [0.25, 0.3) is 0 Å². The van der Waals surface area contributed by atoms with E-state index in [4.69, 9.17) is 57.9 Å². The van der Waals surface area contributed by atoms with E-state index in [0.717, 1.165) is 24.3 Å². The second-order valence-corrected chi connectivity index (χ2v) is 6.25. The van der Waals surface area contributed by atoms with Crippen molar-refractivity contribution in [2.75, 3.05) is 0 Å². The number of nitrogens with two attached hydrogens (primary N) is 2. The Bertz CT molecular complexity index is 616. The lowest BCUT2D eigenvalue weighted by atomic mass is 9.94. The monoisotopic (exact) mass is 384 g/mol. The zero-order valence-electron chi connectivity index (χ0n) is 10.9. The van der Waals surface area contributed by atoms with Crippen LogP contribution in [0.3, 0.4) is 0 Å². The second-order valence-electron chi connectivity index (χ2n) is 4.62. The van der Waals surface area contributed by atoms with E-state index in [1.165, 1.54) is 0 Å². The van der Waals surface area contributed by atoms with Crippen LogP contribution in [-0.4, -0.2) is 0 Å². The molecule has 2 atom stereocenters. The Balaban J connectivity index is 2.49. The largest absolute Gasteiger partial charge is 0.322 e. The van der Waals surface area contributed by atoms with Crippen LogP contribution in [-0.2, 0) is 0 Å². The maximum absolute atomic E-state index is 13.2. The predicted octanol–water partition coefficient (Wildman–Crippen LogP) is 5.28. The minimum Gasteiger partial charge on any atom is -0.322 e. The minimum absolute atomic E-state index is 0.0299. The zero-order chi connectivity index (χ0) is 16.6. The van der Waals surface area contributed by atoms with Crippen molar-refractivity contribution in [3.05, 3.63) is 67.1 Å². The second kappa shape index (κ2) is 6.87. The summed E-state index contributed by atoms with van der Waals surface area (Å²) >= 11 is 23.9. The average molecular weight is 386 g/mol. The van der Waals surface area contributed by atoms with Crippen LogP contribution in [0.2, 0.25) is 20.1 Å². The van der Waals surface area contributed by atoms with Gasteiger partial charge in [0.05, 0.1) is 12.1 Å². The van der Waals surface area contributed by atoms with E-state index in [1.54, 1.807) is 0 Å². The van der Waals surface area contributed by atoms with E-state index in [0.29, 0.717) is 0 Å². The normalized spacial score (nSPS) is 14.0. The maximum atomic E-state index is 13.2. The molecular formula is C14H10Cl4F2N2. The van der Waals surface area contributed by atoms with Gasteiger partial charge in [-0.1, -0.05) is 46.4 Å². The first-order valence-corrected chi connectivity index (χ1v) is 7.53. The number of hydrogen-bond acceptors (Lipinski definition) is 2. The highest BCUT2D eigenvalue weighted by Gasteiger charge is 2.26. The summed E-state index contributed by atoms with van der Waals surface area (Å²) in [7, 11) is 0. The third-order valence-electron chi connectivity index (χ3n) is 3.14. The van der Waals surface area contributed by atoms with Crippen molar-refractivity contribution in [2.45, 2.75) is 12.1 Å². The van der Waals surface area contributed by atoms with Crippen LogP contribution in [0.15, 0.2) is 24.3 Å². The van der Waals surface area contributed by atoms with E-state index < -0.39 is 23.7 Å². The summed E-state index contributed by atoms with van der Waals surface area (Å²) < 4.78 is 26.5. The van der Waals surface area contributed by atoms with Crippen LogP contribution in [0, 0.1) is 11.6 Å². The smallest absolute Gasteiger partial charge is 0.126 e. The number of rotatable bonds is 3. The van der Waals surface area contributed by atoms with Gasteiger partial charge in [-0.2, -0.15) is 0 Å². The first-order chi connectivity index (χ1) is 10.2. The topological polar surface area (TPSA) is 52.0 Å². The summed E-state index contributed by atoms with van der Waals surface area (Å²) in [6.45, 7) is 0. The molecule has 0 saturated carbocycles. The lowest BCUT2D eigenvalue weighted by Gasteiger charge is -2.24. The van der Waals surface area contributed by atoms with E-state index >= 15 is 0 Å². The predicted molar refractivity (Wildman–Crippen MR) is 86.7 cm³/mol. The van der Waals surface area contributed by atoms with Gasteiger partial charge in [0.15, 0.2) is 0 Å². The molecule has 0 aliphatic rings. The molecule has 0 aliphatic heterocycles. The molecule has 0 amide bonds. The Labute approximate surface area is 145 Å². The van der Waals surface area contributed by atoms with Gasteiger partial charge < -0.3 is 11.5 Å². The summed E-state index contributed by atoms with van der Waals surface area (Å²) in [5, 5.41) is 0.120.